The summed E-state index contributed by atoms with van der Waals surface area (Å²) in [6.07, 6.45) is 2.21. The second kappa shape index (κ2) is 6.86. The van der Waals surface area contributed by atoms with Gasteiger partial charge in [0.25, 0.3) is 0 Å². The smallest absolute Gasteiger partial charge is 0.0437 e. The van der Waals surface area contributed by atoms with Gasteiger partial charge in [0.15, 0.2) is 0 Å². The van der Waals surface area contributed by atoms with Gasteiger partial charge in [0.05, 0.1) is 0 Å². The van der Waals surface area contributed by atoms with Crippen LogP contribution in [-0.4, -0.2) is 13.1 Å². The summed E-state index contributed by atoms with van der Waals surface area (Å²) >= 11 is 6.07. The molecule has 0 atom stereocenters. The third-order valence-electron chi connectivity index (χ3n) is 2.31. The van der Waals surface area contributed by atoms with Crippen molar-refractivity contribution in [3.8, 4) is 0 Å². The van der Waals surface area contributed by atoms with Crippen molar-refractivity contribution in [2.24, 2.45) is 5.92 Å². The summed E-state index contributed by atoms with van der Waals surface area (Å²) in [4.78, 5) is 0. The van der Waals surface area contributed by atoms with Crippen molar-refractivity contribution in [2.45, 2.75) is 26.7 Å². The van der Waals surface area contributed by atoms with Gasteiger partial charge in [-0.05, 0) is 43.5 Å². The van der Waals surface area contributed by atoms with Crippen LogP contribution in [-0.2, 0) is 6.42 Å². The highest BCUT2D eigenvalue weighted by Gasteiger charge is 1.98. The Morgan fingerprint density at radius 1 is 1.27 bits per heavy atom. The largest absolute Gasteiger partial charge is 0.316 e. The minimum absolute atomic E-state index is 0.727. The Kier molecular flexibility index (Phi) is 5.74. The Labute approximate surface area is 97.8 Å². The fourth-order valence-corrected chi connectivity index (χ4v) is 1.73. The fourth-order valence-electron chi connectivity index (χ4n) is 1.50. The Hall–Kier alpha value is -0.530. The van der Waals surface area contributed by atoms with Crippen molar-refractivity contribution >= 4 is 11.6 Å². The number of hydrogen-bond donors (Lipinski definition) is 1. The maximum absolute atomic E-state index is 6.07. The van der Waals surface area contributed by atoms with Crippen LogP contribution in [0.1, 0.15) is 25.8 Å². The van der Waals surface area contributed by atoms with Crippen LogP contribution >= 0.6 is 11.6 Å². The number of rotatable bonds is 6. The molecule has 0 aromatic heterocycles. The van der Waals surface area contributed by atoms with Crippen LogP contribution in [0, 0.1) is 5.92 Å². The van der Waals surface area contributed by atoms with Crippen LogP contribution in [0.2, 0.25) is 5.02 Å². The summed E-state index contributed by atoms with van der Waals surface area (Å²) < 4.78 is 0. The summed E-state index contributed by atoms with van der Waals surface area (Å²) in [7, 11) is 0. The summed E-state index contributed by atoms with van der Waals surface area (Å²) in [5.41, 5.74) is 1.26. The molecule has 15 heavy (non-hydrogen) atoms. The van der Waals surface area contributed by atoms with E-state index in [0.717, 1.165) is 36.9 Å². The molecule has 0 saturated carbocycles. The molecule has 0 amide bonds. The van der Waals surface area contributed by atoms with Gasteiger partial charge in [-0.25, -0.2) is 0 Å². The van der Waals surface area contributed by atoms with E-state index in [1.807, 2.05) is 18.2 Å². The zero-order chi connectivity index (χ0) is 11.1. The van der Waals surface area contributed by atoms with E-state index in [1.165, 1.54) is 5.56 Å². The minimum Gasteiger partial charge on any atom is -0.316 e. The molecule has 1 N–H and O–H groups in total. The maximum Gasteiger partial charge on any atom is 0.0437 e. The normalized spacial score (nSPS) is 10.9. The van der Waals surface area contributed by atoms with Crippen LogP contribution in [0.5, 0.6) is 0 Å². The van der Waals surface area contributed by atoms with Gasteiger partial charge in [-0.1, -0.05) is 43.6 Å². The predicted molar refractivity (Wildman–Crippen MR) is 67.5 cm³/mol. The number of halogens is 1. The summed E-state index contributed by atoms with van der Waals surface area (Å²) in [5.74, 6) is 0.727. The number of nitrogens with one attached hydrogen (secondary N) is 1. The Morgan fingerprint density at radius 2 is 2.00 bits per heavy atom. The van der Waals surface area contributed by atoms with E-state index < -0.39 is 0 Å². The van der Waals surface area contributed by atoms with E-state index in [4.69, 9.17) is 11.6 Å². The molecule has 0 spiro atoms. The molecule has 0 bridgehead atoms. The molecule has 1 nitrogen and oxygen atoms in total. The van der Waals surface area contributed by atoms with E-state index >= 15 is 0 Å². The monoisotopic (exact) mass is 225 g/mol. The topological polar surface area (TPSA) is 12.0 Å². The fraction of sp³-hybridized carbons (Fsp3) is 0.538. The molecule has 0 aliphatic carbocycles. The lowest BCUT2D eigenvalue weighted by Gasteiger charge is -2.07. The van der Waals surface area contributed by atoms with E-state index in [-0.39, 0.29) is 0 Å². The van der Waals surface area contributed by atoms with Crippen molar-refractivity contribution in [3.05, 3.63) is 34.9 Å². The third kappa shape index (κ3) is 5.19. The van der Waals surface area contributed by atoms with Crippen molar-refractivity contribution in [1.82, 2.24) is 5.32 Å². The van der Waals surface area contributed by atoms with Gasteiger partial charge >= 0.3 is 0 Å². The lowest BCUT2D eigenvalue weighted by Crippen LogP contribution is -2.21. The second-order valence-corrected chi connectivity index (χ2v) is 4.70. The first-order valence-electron chi connectivity index (χ1n) is 5.64. The molecular weight excluding hydrogens is 206 g/mol. The van der Waals surface area contributed by atoms with Crippen molar-refractivity contribution < 1.29 is 0 Å². The zero-order valence-electron chi connectivity index (χ0n) is 9.59. The first kappa shape index (κ1) is 12.5. The molecule has 2 heteroatoms. The van der Waals surface area contributed by atoms with E-state index in [1.54, 1.807) is 0 Å². The lowest BCUT2D eigenvalue weighted by atomic mass is 10.1. The molecule has 0 fully saturated rings. The van der Waals surface area contributed by atoms with Gasteiger partial charge < -0.3 is 5.32 Å². The summed E-state index contributed by atoms with van der Waals surface area (Å²) in [5, 5.41) is 4.32. The zero-order valence-corrected chi connectivity index (χ0v) is 10.3. The van der Waals surface area contributed by atoms with Gasteiger partial charge in [-0.2, -0.15) is 0 Å². The number of benzene rings is 1. The van der Waals surface area contributed by atoms with Crippen LogP contribution in [0.3, 0.4) is 0 Å². The molecule has 1 aromatic rings. The molecule has 0 aliphatic rings. The Balaban J connectivity index is 2.18. The molecule has 0 radical (unpaired) electrons. The van der Waals surface area contributed by atoms with Crippen LogP contribution in [0.15, 0.2) is 24.3 Å². The van der Waals surface area contributed by atoms with E-state index in [2.05, 4.69) is 25.2 Å². The first-order chi connectivity index (χ1) is 7.20. The molecule has 84 valence electrons. The quantitative estimate of drug-likeness (QED) is 0.731. The number of hydrogen-bond acceptors (Lipinski definition) is 1. The van der Waals surface area contributed by atoms with Gasteiger partial charge in [-0.15, -0.1) is 0 Å². The lowest BCUT2D eigenvalue weighted by molar-refractivity contribution is 0.543. The van der Waals surface area contributed by atoms with Gasteiger partial charge in [0.2, 0.25) is 0 Å². The molecule has 0 unspecified atom stereocenters. The van der Waals surface area contributed by atoms with Crippen molar-refractivity contribution in [2.75, 3.05) is 13.1 Å². The van der Waals surface area contributed by atoms with E-state index in [0.29, 0.717) is 0 Å². The average Bonchev–Trinajstić information content (AvgIpc) is 2.20. The molecule has 1 rings (SSSR count). The molecule has 0 saturated heterocycles. The number of aryl methyl sites for hydroxylation is 1. The SMILES string of the molecule is CC(C)CNCCCc1ccccc1Cl. The molecular formula is C13H20ClN. The Bertz CT molecular complexity index is 284. The van der Waals surface area contributed by atoms with Gasteiger partial charge in [-0.3, -0.25) is 0 Å². The third-order valence-corrected chi connectivity index (χ3v) is 2.68. The predicted octanol–water partition coefficient (Wildman–Crippen LogP) is 3.52. The maximum atomic E-state index is 6.07. The van der Waals surface area contributed by atoms with Crippen LogP contribution in [0.25, 0.3) is 0 Å². The van der Waals surface area contributed by atoms with Gasteiger partial charge in [0.1, 0.15) is 0 Å². The van der Waals surface area contributed by atoms with Crippen molar-refractivity contribution in [3.63, 3.8) is 0 Å². The highest BCUT2D eigenvalue weighted by molar-refractivity contribution is 6.31. The minimum atomic E-state index is 0.727. The highest BCUT2D eigenvalue weighted by Crippen LogP contribution is 2.16. The average molecular weight is 226 g/mol. The molecule has 0 aliphatic heterocycles. The van der Waals surface area contributed by atoms with Crippen LogP contribution in [0.4, 0.5) is 0 Å². The van der Waals surface area contributed by atoms with Gasteiger partial charge in [0, 0.05) is 5.02 Å². The first-order valence-corrected chi connectivity index (χ1v) is 6.02. The standard InChI is InChI=1S/C13H20ClN/c1-11(2)10-15-9-5-7-12-6-3-4-8-13(12)14/h3-4,6,8,11,15H,5,7,9-10H2,1-2H3. The summed E-state index contributed by atoms with van der Waals surface area (Å²) in [6.45, 7) is 6.62. The molecule has 1 aromatic carbocycles. The summed E-state index contributed by atoms with van der Waals surface area (Å²) in [6, 6.07) is 8.08. The highest BCUT2D eigenvalue weighted by atomic mass is 35.5. The second-order valence-electron chi connectivity index (χ2n) is 4.29. The van der Waals surface area contributed by atoms with E-state index in [9.17, 15) is 0 Å². The van der Waals surface area contributed by atoms with Crippen molar-refractivity contribution in [1.29, 1.82) is 0 Å². The Morgan fingerprint density at radius 3 is 2.67 bits per heavy atom. The molecule has 0 heterocycles. The van der Waals surface area contributed by atoms with Crippen LogP contribution < -0.4 is 5.32 Å².